The van der Waals surface area contributed by atoms with Crippen LogP contribution in [0.1, 0.15) is 45.2 Å². The first-order valence-corrected chi connectivity index (χ1v) is 20.9. The van der Waals surface area contributed by atoms with E-state index in [1.165, 1.54) is 82.2 Å². The normalized spacial score (nSPS) is 14.2. The molecule has 0 amide bonds. The van der Waals surface area contributed by atoms with E-state index in [2.05, 4.69) is 221 Å². The molecule has 57 heavy (non-hydrogen) atoms. The van der Waals surface area contributed by atoms with Crippen LogP contribution in [0.5, 0.6) is 0 Å². The van der Waals surface area contributed by atoms with Gasteiger partial charge in [0, 0.05) is 37.1 Å². The van der Waals surface area contributed by atoms with E-state index in [4.69, 9.17) is 0 Å². The Morgan fingerprint density at radius 2 is 0.947 bits per heavy atom. The molecule has 2 heteroatoms. The predicted molar refractivity (Wildman–Crippen MR) is 246 cm³/mol. The van der Waals surface area contributed by atoms with E-state index in [1.54, 1.807) is 0 Å². The quantitative estimate of drug-likeness (QED) is 0.157. The zero-order valence-corrected chi connectivity index (χ0v) is 33.8. The number of hydrogen-bond acceptors (Lipinski definition) is 2. The molecule has 0 atom stereocenters. The second-order valence-corrected chi connectivity index (χ2v) is 18.0. The summed E-state index contributed by atoms with van der Waals surface area (Å²) in [6.45, 7) is 9.55. The summed E-state index contributed by atoms with van der Waals surface area (Å²) >= 11 is 1.87. The van der Waals surface area contributed by atoms with Gasteiger partial charge in [-0.2, -0.15) is 0 Å². The highest BCUT2D eigenvalue weighted by Crippen LogP contribution is 2.50. The highest BCUT2D eigenvalue weighted by Gasteiger charge is 2.41. The number of para-hydroxylation sites is 1. The molecule has 0 bridgehead atoms. The topological polar surface area (TPSA) is 3.24 Å². The second kappa shape index (κ2) is 13.8. The molecule has 1 aliphatic rings. The van der Waals surface area contributed by atoms with Crippen LogP contribution in [0, 0.1) is 0 Å². The van der Waals surface area contributed by atoms with E-state index in [1.807, 2.05) is 11.3 Å². The molecule has 276 valence electrons. The Hall–Kier alpha value is -6.22. The van der Waals surface area contributed by atoms with Gasteiger partial charge in [0.15, 0.2) is 0 Å². The zero-order valence-electron chi connectivity index (χ0n) is 33.0. The average molecular weight is 752 g/mol. The Bertz CT molecular complexity index is 2910. The SMILES string of the molecule is CC1(C)CC(C)(C)c2cc(-c3ccc(-c4cccc(N(c5ccc(-c6ccccc6)cc5)c5ccccc5-c5ccc6c(c5)sc5ccccc56)c4)cc3)ccc21. The molecule has 0 saturated carbocycles. The van der Waals surface area contributed by atoms with Gasteiger partial charge in [0.1, 0.15) is 0 Å². The van der Waals surface area contributed by atoms with Crippen LogP contribution in [0.25, 0.3) is 64.7 Å². The number of anilines is 3. The Morgan fingerprint density at radius 1 is 0.386 bits per heavy atom. The standard InChI is InChI=1S/C55H45NS/c1-54(2)36-55(3,4)50-34-42(28-32-49(50)54)40-23-21-39(22-24-40)41-15-12-16-45(33-41)56(44-29-25-38(26-30-44)37-13-6-5-7-14-37)51-19-10-8-17-46(51)43-27-31-48-47-18-9-11-20-52(47)57-53(48)35-43/h5-35H,36H2,1-4H3. The van der Waals surface area contributed by atoms with E-state index in [-0.39, 0.29) is 10.8 Å². The summed E-state index contributed by atoms with van der Waals surface area (Å²) < 4.78 is 2.63. The third-order valence-corrected chi connectivity index (χ3v) is 13.2. The lowest BCUT2D eigenvalue weighted by Gasteiger charge is -2.28. The Balaban J connectivity index is 1.05. The molecule has 0 unspecified atom stereocenters. The highest BCUT2D eigenvalue weighted by atomic mass is 32.1. The summed E-state index contributed by atoms with van der Waals surface area (Å²) in [7, 11) is 0. The average Bonchev–Trinajstić information content (AvgIpc) is 3.71. The van der Waals surface area contributed by atoms with Crippen LogP contribution in [0.15, 0.2) is 188 Å². The Morgan fingerprint density at radius 3 is 1.74 bits per heavy atom. The molecule has 0 radical (unpaired) electrons. The molecule has 0 spiro atoms. The lowest BCUT2D eigenvalue weighted by molar-refractivity contribution is 0.403. The first kappa shape index (κ1) is 35.2. The maximum absolute atomic E-state index is 2.44. The van der Waals surface area contributed by atoms with Crippen LogP contribution in [0.3, 0.4) is 0 Å². The predicted octanol–water partition coefficient (Wildman–Crippen LogP) is 16.2. The molecular weight excluding hydrogens is 707 g/mol. The molecule has 0 N–H and O–H groups in total. The molecule has 10 rings (SSSR count). The lowest BCUT2D eigenvalue weighted by Crippen LogP contribution is -2.17. The van der Waals surface area contributed by atoms with Crippen LogP contribution in [-0.4, -0.2) is 0 Å². The monoisotopic (exact) mass is 751 g/mol. The van der Waals surface area contributed by atoms with Gasteiger partial charge in [-0.15, -0.1) is 11.3 Å². The lowest BCUT2D eigenvalue weighted by atomic mass is 9.82. The molecule has 1 aliphatic carbocycles. The van der Waals surface area contributed by atoms with E-state index in [0.29, 0.717) is 0 Å². The summed E-state index contributed by atoms with van der Waals surface area (Å²) in [5.41, 5.74) is 16.5. The fourth-order valence-electron chi connectivity index (χ4n) is 9.52. The van der Waals surface area contributed by atoms with Crippen molar-refractivity contribution in [2.24, 2.45) is 0 Å². The Labute approximate surface area is 340 Å². The molecular formula is C55H45NS. The van der Waals surface area contributed by atoms with Crippen molar-refractivity contribution in [1.82, 2.24) is 0 Å². The van der Waals surface area contributed by atoms with Crippen LogP contribution in [-0.2, 0) is 10.8 Å². The highest BCUT2D eigenvalue weighted by molar-refractivity contribution is 7.25. The van der Waals surface area contributed by atoms with Gasteiger partial charge in [0.2, 0.25) is 0 Å². The number of thiophene rings is 1. The first-order valence-electron chi connectivity index (χ1n) is 20.0. The molecule has 1 heterocycles. The maximum Gasteiger partial charge on any atom is 0.0540 e. The van der Waals surface area contributed by atoms with E-state index in [0.717, 1.165) is 17.1 Å². The number of fused-ring (bicyclic) bond motifs is 4. The molecule has 0 fully saturated rings. The third kappa shape index (κ3) is 6.35. The van der Waals surface area contributed by atoms with E-state index < -0.39 is 0 Å². The van der Waals surface area contributed by atoms with Crippen molar-refractivity contribution in [3.63, 3.8) is 0 Å². The van der Waals surface area contributed by atoms with Crippen LogP contribution < -0.4 is 4.90 Å². The van der Waals surface area contributed by atoms with Gasteiger partial charge in [0.25, 0.3) is 0 Å². The maximum atomic E-state index is 2.44. The summed E-state index contributed by atoms with van der Waals surface area (Å²) in [5.74, 6) is 0. The largest absolute Gasteiger partial charge is 0.310 e. The number of benzene rings is 8. The molecule has 0 saturated heterocycles. The molecule has 1 nitrogen and oxygen atoms in total. The first-order chi connectivity index (χ1) is 27.7. The molecule has 0 aliphatic heterocycles. The van der Waals surface area contributed by atoms with Crippen molar-refractivity contribution in [3.05, 3.63) is 199 Å². The van der Waals surface area contributed by atoms with Crippen molar-refractivity contribution < 1.29 is 0 Å². The van der Waals surface area contributed by atoms with Crippen molar-refractivity contribution in [2.45, 2.75) is 44.9 Å². The van der Waals surface area contributed by atoms with Gasteiger partial charge >= 0.3 is 0 Å². The van der Waals surface area contributed by atoms with Gasteiger partial charge in [0.05, 0.1) is 5.69 Å². The zero-order chi connectivity index (χ0) is 38.7. The van der Waals surface area contributed by atoms with E-state index >= 15 is 0 Å². The van der Waals surface area contributed by atoms with E-state index in [9.17, 15) is 0 Å². The number of nitrogens with zero attached hydrogens (tertiary/aromatic N) is 1. The fraction of sp³-hybridized carbons (Fsp3) is 0.127. The van der Waals surface area contributed by atoms with Crippen LogP contribution in [0.4, 0.5) is 17.1 Å². The van der Waals surface area contributed by atoms with Crippen LogP contribution in [0.2, 0.25) is 0 Å². The van der Waals surface area contributed by atoms with Gasteiger partial charge in [-0.05, 0) is 110 Å². The summed E-state index contributed by atoms with van der Waals surface area (Å²) in [4.78, 5) is 2.42. The minimum Gasteiger partial charge on any atom is -0.310 e. The van der Waals surface area contributed by atoms with Crippen molar-refractivity contribution >= 4 is 48.6 Å². The van der Waals surface area contributed by atoms with Gasteiger partial charge in [-0.3, -0.25) is 0 Å². The van der Waals surface area contributed by atoms with Crippen molar-refractivity contribution in [3.8, 4) is 44.5 Å². The summed E-state index contributed by atoms with van der Waals surface area (Å²) in [5, 5.41) is 2.63. The minimum absolute atomic E-state index is 0.174. The Kier molecular flexibility index (Phi) is 8.50. The summed E-state index contributed by atoms with van der Waals surface area (Å²) in [6, 6.07) is 69.4. The molecule has 9 aromatic rings. The minimum atomic E-state index is 0.174. The summed E-state index contributed by atoms with van der Waals surface area (Å²) in [6.07, 6.45) is 1.17. The van der Waals surface area contributed by atoms with Gasteiger partial charge in [-0.25, -0.2) is 0 Å². The molecule has 8 aromatic carbocycles. The fourth-order valence-corrected chi connectivity index (χ4v) is 10.7. The smallest absolute Gasteiger partial charge is 0.0540 e. The van der Waals surface area contributed by atoms with Crippen molar-refractivity contribution in [1.29, 1.82) is 0 Å². The number of hydrogen-bond donors (Lipinski definition) is 0. The van der Waals surface area contributed by atoms with Gasteiger partial charge < -0.3 is 4.90 Å². The van der Waals surface area contributed by atoms with Crippen LogP contribution >= 0.6 is 11.3 Å². The second-order valence-electron chi connectivity index (χ2n) is 16.9. The van der Waals surface area contributed by atoms with Crippen molar-refractivity contribution in [2.75, 3.05) is 4.90 Å². The molecule has 1 aromatic heterocycles. The number of rotatable bonds is 7. The van der Waals surface area contributed by atoms with Gasteiger partial charge in [-0.1, -0.05) is 173 Å². The third-order valence-electron chi connectivity index (χ3n) is 12.1.